The fourth-order valence-corrected chi connectivity index (χ4v) is 2.54. The summed E-state index contributed by atoms with van der Waals surface area (Å²) < 4.78 is 0. The molecule has 0 spiro atoms. The molecule has 13 nitrogen and oxygen atoms in total. The lowest BCUT2D eigenvalue weighted by Crippen LogP contribution is -2.57. The van der Waals surface area contributed by atoms with Crippen molar-refractivity contribution in [3.63, 3.8) is 0 Å². The van der Waals surface area contributed by atoms with Gasteiger partial charge in [0, 0.05) is 13.1 Å². The summed E-state index contributed by atoms with van der Waals surface area (Å²) in [5, 5.41) is 34.5. The van der Waals surface area contributed by atoms with E-state index in [0.29, 0.717) is 6.42 Å². The summed E-state index contributed by atoms with van der Waals surface area (Å²) in [7, 11) is 0. The van der Waals surface area contributed by atoms with E-state index in [0.717, 1.165) is 22.6 Å². The molecule has 0 aliphatic rings. The van der Waals surface area contributed by atoms with Crippen LogP contribution in [0, 0.1) is 0 Å². The number of nitrogens with two attached hydrogens (primary N) is 3. The Morgan fingerprint density at radius 1 is 0.629 bits per heavy atom. The van der Waals surface area contributed by atoms with Crippen LogP contribution in [-0.2, 0) is 19.2 Å². The Labute approximate surface area is 205 Å². The van der Waals surface area contributed by atoms with Crippen LogP contribution in [0.3, 0.4) is 0 Å². The minimum Gasteiger partial charge on any atom is -0.480 e. The molecule has 1 rings (SSSR count). The number of hydrogen-bond donors (Lipinski definition) is 7. The van der Waals surface area contributed by atoms with Gasteiger partial charge in [-0.25, -0.2) is 0 Å². The lowest BCUT2D eigenvalue weighted by atomic mass is 10.1. The molecule has 0 amide bonds. The van der Waals surface area contributed by atoms with Gasteiger partial charge < -0.3 is 37.6 Å². The van der Waals surface area contributed by atoms with Gasteiger partial charge in [-0.2, -0.15) is 0 Å². The Balaban J connectivity index is 0. The first-order chi connectivity index (χ1) is 16.3. The van der Waals surface area contributed by atoms with E-state index in [9.17, 15) is 19.2 Å². The highest BCUT2D eigenvalue weighted by Gasteiger charge is 2.18. The van der Waals surface area contributed by atoms with Crippen molar-refractivity contribution in [2.45, 2.75) is 38.4 Å². The van der Waals surface area contributed by atoms with Gasteiger partial charge in [-0.1, -0.05) is 56.2 Å². The largest absolute Gasteiger partial charge is 0.480 e. The highest BCUT2D eigenvalue weighted by Crippen LogP contribution is 2.01. The number of carboxylic acid groups (broad SMARTS) is 4. The van der Waals surface area contributed by atoms with Gasteiger partial charge in [-0.05, 0) is 12.8 Å². The topological polar surface area (TPSA) is 234 Å². The smallest absolute Gasteiger partial charge is 0.317 e. The van der Waals surface area contributed by atoms with Gasteiger partial charge in [0.25, 0.3) is 0 Å². The highest BCUT2D eigenvalue weighted by molar-refractivity contribution is 5.73. The molecule has 0 heterocycles. The van der Waals surface area contributed by atoms with Crippen molar-refractivity contribution < 1.29 is 39.6 Å². The second-order valence-corrected chi connectivity index (χ2v) is 7.72. The molecule has 0 aliphatic heterocycles. The van der Waals surface area contributed by atoms with Crippen LogP contribution in [0.15, 0.2) is 36.4 Å². The van der Waals surface area contributed by atoms with E-state index in [4.69, 9.17) is 37.6 Å². The molecule has 0 radical (unpaired) electrons. The second-order valence-electron chi connectivity index (χ2n) is 7.72. The van der Waals surface area contributed by atoms with Crippen molar-refractivity contribution in [1.82, 2.24) is 9.80 Å². The summed E-state index contributed by atoms with van der Waals surface area (Å²) in [6, 6.07) is 12.0. The number of nitrogens with zero attached hydrogens (tertiary/aromatic N) is 2. The van der Waals surface area contributed by atoms with Crippen LogP contribution in [0.4, 0.5) is 0 Å². The van der Waals surface area contributed by atoms with E-state index in [2.05, 4.69) is 6.92 Å². The van der Waals surface area contributed by atoms with E-state index in [1.54, 1.807) is 0 Å². The van der Waals surface area contributed by atoms with Gasteiger partial charge in [-0.3, -0.25) is 29.0 Å². The quantitative estimate of drug-likeness (QED) is 0.121. The van der Waals surface area contributed by atoms with Crippen LogP contribution < -0.4 is 17.2 Å². The standard InChI is InChI=1S/C10H16N2O8.C6H17N3.C6H6/c13-7(14)3-11(4-8(15)16)1-2-12(5-9(17)18)6-10(19)20;1-2-3-4-5-6(7,8)9;1-2-4-6-5-3-1/h1-6H2,(H,13,14)(H,15,16)(H,17,18)(H,19,20);2-5,7-9H2,1H3;1-6H. The van der Waals surface area contributed by atoms with Crippen molar-refractivity contribution in [3.05, 3.63) is 36.4 Å². The molecular weight excluding hydrogens is 462 g/mol. The summed E-state index contributed by atoms with van der Waals surface area (Å²) in [6.45, 7) is -0.120. The predicted octanol–water partition coefficient (Wildman–Crippen LogP) is -0.288. The van der Waals surface area contributed by atoms with Crippen molar-refractivity contribution in [2.24, 2.45) is 17.2 Å². The Morgan fingerprint density at radius 3 is 1.11 bits per heavy atom. The van der Waals surface area contributed by atoms with Gasteiger partial charge in [-0.15, -0.1) is 0 Å². The molecule has 0 saturated heterocycles. The predicted molar refractivity (Wildman–Crippen MR) is 129 cm³/mol. The summed E-state index contributed by atoms with van der Waals surface area (Å²) >= 11 is 0. The normalized spacial score (nSPS) is 10.6. The first-order valence-electron chi connectivity index (χ1n) is 10.9. The molecular formula is C22H39N5O8. The van der Waals surface area contributed by atoms with Crippen LogP contribution in [0.2, 0.25) is 0 Å². The minimum atomic E-state index is -1.23. The molecule has 0 bridgehead atoms. The lowest BCUT2D eigenvalue weighted by Gasteiger charge is -2.23. The molecule has 1 aromatic carbocycles. The molecule has 0 saturated carbocycles. The molecule has 0 unspecified atom stereocenters. The summed E-state index contributed by atoms with van der Waals surface area (Å²) in [5.74, 6) is -5.86. The average Bonchev–Trinajstić information content (AvgIpc) is 2.72. The molecule has 1 aromatic rings. The van der Waals surface area contributed by atoms with Crippen molar-refractivity contribution in [3.8, 4) is 0 Å². The summed E-state index contributed by atoms with van der Waals surface area (Å²) in [4.78, 5) is 44.4. The highest BCUT2D eigenvalue weighted by atomic mass is 16.4. The Kier molecular flexibility index (Phi) is 19.7. The third-order valence-corrected chi connectivity index (χ3v) is 4.05. The summed E-state index contributed by atoms with van der Waals surface area (Å²) in [5.41, 5.74) is 16.0. The van der Waals surface area contributed by atoms with E-state index in [1.165, 1.54) is 6.42 Å². The van der Waals surface area contributed by atoms with E-state index in [1.807, 2.05) is 36.4 Å². The van der Waals surface area contributed by atoms with Gasteiger partial charge in [0.1, 0.15) is 5.79 Å². The number of unbranched alkanes of at least 4 members (excludes halogenated alkanes) is 2. The number of rotatable bonds is 15. The lowest BCUT2D eigenvalue weighted by molar-refractivity contribution is -0.145. The van der Waals surface area contributed by atoms with Crippen LogP contribution in [0.25, 0.3) is 0 Å². The van der Waals surface area contributed by atoms with E-state index in [-0.39, 0.29) is 13.1 Å². The molecule has 0 atom stereocenters. The van der Waals surface area contributed by atoms with Crippen molar-refractivity contribution in [1.29, 1.82) is 0 Å². The maximum Gasteiger partial charge on any atom is 0.317 e. The summed E-state index contributed by atoms with van der Waals surface area (Å²) in [6.07, 6.45) is 4.07. The van der Waals surface area contributed by atoms with Crippen molar-refractivity contribution >= 4 is 23.9 Å². The number of aliphatic carboxylic acids is 4. The van der Waals surface area contributed by atoms with Gasteiger partial charge in [0.2, 0.25) is 0 Å². The van der Waals surface area contributed by atoms with Crippen LogP contribution in [-0.4, -0.2) is 99.2 Å². The Hall–Kier alpha value is -3.10. The SMILES string of the molecule is CCCCCC(N)(N)N.O=C(O)CN(CCN(CC(=O)O)CC(=O)O)CC(=O)O.c1ccccc1. The number of carbonyl (C=O) groups is 4. The third kappa shape index (κ3) is 28.9. The van der Waals surface area contributed by atoms with Crippen molar-refractivity contribution in [2.75, 3.05) is 39.3 Å². The monoisotopic (exact) mass is 501 g/mol. The maximum absolute atomic E-state index is 10.6. The van der Waals surface area contributed by atoms with E-state index >= 15 is 0 Å². The fourth-order valence-electron chi connectivity index (χ4n) is 2.54. The average molecular weight is 502 g/mol. The molecule has 35 heavy (non-hydrogen) atoms. The zero-order chi connectivity index (χ0) is 27.3. The zero-order valence-electron chi connectivity index (χ0n) is 20.1. The second kappa shape index (κ2) is 20.3. The fraction of sp³-hybridized carbons (Fsp3) is 0.545. The first kappa shape index (κ1) is 34.1. The molecule has 0 fully saturated rings. The molecule has 0 aromatic heterocycles. The van der Waals surface area contributed by atoms with Crippen LogP contribution >= 0.6 is 0 Å². The van der Waals surface area contributed by atoms with Crippen LogP contribution in [0.5, 0.6) is 0 Å². The molecule has 13 heteroatoms. The number of hydrogen-bond acceptors (Lipinski definition) is 9. The molecule has 0 aliphatic carbocycles. The first-order valence-corrected chi connectivity index (χ1v) is 10.9. The maximum atomic E-state index is 10.6. The molecule has 200 valence electrons. The van der Waals surface area contributed by atoms with Gasteiger partial charge in [0.05, 0.1) is 26.2 Å². The number of carboxylic acids is 4. The third-order valence-electron chi connectivity index (χ3n) is 4.05. The number of benzene rings is 1. The van der Waals surface area contributed by atoms with Gasteiger partial charge in [0.15, 0.2) is 0 Å². The van der Waals surface area contributed by atoms with E-state index < -0.39 is 55.8 Å². The van der Waals surface area contributed by atoms with Gasteiger partial charge >= 0.3 is 23.9 Å². The van der Waals surface area contributed by atoms with Crippen LogP contribution in [0.1, 0.15) is 32.6 Å². The Bertz CT molecular complexity index is 634. The molecule has 10 N–H and O–H groups in total. The zero-order valence-corrected chi connectivity index (χ0v) is 20.1. The minimum absolute atomic E-state index is 0.0703. The Morgan fingerprint density at radius 2 is 0.914 bits per heavy atom.